The predicted octanol–water partition coefficient (Wildman–Crippen LogP) is 2.34. The fourth-order valence-corrected chi connectivity index (χ4v) is 5.93. The van der Waals surface area contributed by atoms with E-state index in [2.05, 4.69) is 0 Å². The van der Waals surface area contributed by atoms with Crippen LogP contribution in [0.2, 0.25) is 5.02 Å². The lowest BCUT2D eigenvalue weighted by atomic mass is 10.2. The average molecular weight is 415 g/mol. The van der Waals surface area contributed by atoms with Crippen molar-refractivity contribution in [3.63, 3.8) is 0 Å². The van der Waals surface area contributed by atoms with Crippen molar-refractivity contribution in [2.24, 2.45) is 0 Å². The summed E-state index contributed by atoms with van der Waals surface area (Å²) in [7, 11) is -7.32. The summed E-state index contributed by atoms with van der Waals surface area (Å²) in [5.41, 5.74) is 0.974. The van der Waals surface area contributed by atoms with Gasteiger partial charge in [-0.1, -0.05) is 35.4 Å². The van der Waals surface area contributed by atoms with Crippen LogP contribution in [-0.2, 0) is 20.0 Å². The van der Waals surface area contributed by atoms with Crippen LogP contribution in [0.25, 0.3) is 0 Å². The van der Waals surface area contributed by atoms with Crippen molar-refractivity contribution in [1.82, 2.24) is 8.61 Å². The first-order valence-electron chi connectivity index (χ1n) is 8.04. The van der Waals surface area contributed by atoms with Gasteiger partial charge in [-0.2, -0.15) is 8.61 Å². The average Bonchev–Trinajstić information content (AvgIpc) is 2.62. The molecule has 0 amide bonds. The van der Waals surface area contributed by atoms with E-state index in [1.54, 1.807) is 36.4 Å². The first-order chi connectivity index (χ1) is 12.2. The normalized spacial score (nSPS) is 17.3. The maximum atomic E-state index is 12.7. The highest BCUT2D eigenvalue weighted by atomic mass is 35.5. The van der Waals surface area contributed by atoms with E-state index >= 15 is 0 Å². The second-order valence-electron chi connectivity index (χ2n) is 6.08. The Morgan fingerprint density at radius 3 is 1.77 bits per heavy atom. The van der Waals surface area contributed by atoms with Gasteiger partial charge < -0.3 is 0 Å². The lowest BCUT2D eigenvalue weighted by molar-refractivity contribution is 0.273. The molecule has 0 spiro atoms. The number of halogens is 1. The molecule has 6 nitrogen and oxygen atoms in total. The number of piperazine rings is 1. The summed E-state index contributed by atoms with van der Waals surface area (Å²) in [5.74, 6) is 0. The molecule has 140 valence electrons. The highest BCUT2D eigenvalue weighted by Gasteiger charge is 2.33. The van der Waals surface area contributed by atoms with Crippen LogP contribution in [0.4, 0.5) is 0 Å². The van der Waals surface area contributed by atoms with Gasteiger partial charge in [-0.3, -0.25) is 0 Å². The van der Waals surface area contributed by atoms with E-state index < -0.39 is 20.0 Å². The van der Waals surface area contributed by atoms with Gasteiger partial charge in [0.05, 0.1) is 9.79 Å². The zero-order chi connectivity index (χ0) is 18.9. The third kappa shape index (κ3) is 3.79. The van der Waals surface area contributed by atoms with Gasteiger partial charge in [-0.15, -0.1) is 0 Å². The predicted molar refractivity (Wildman–Crippen MR) is 100 cm³/mol. The molecule has 3 rings (SSSR count). The van der Waals surface area contributed by atoms with E-state index in [1.807, 2.05) is 6.92 Å². The Balaban J connectivity index is 1.75. The Hall–Kier alpha value is -1.45. The van der Waals surface area contributed by atoms with Gasteiger partial charge in [0, 0.05) is 31.2 Å². The van der Waals surface area contributed by atoms with Crippen molar-refractivity contribution >= 4 is 31.6 Å². The Morgan fingerprint density at radius 1 is 0.769 bits per heavy atom. The molecule has 1 heterocycles. The zero-order valence-electron chi connectivity index (χ0n) is 14.2. The van der Waals surface area contributed by atoms with E-state index in [-0.39, 0.29) is 36.0 Å². The van der Waals surface area contributed by atoms with Crippen LogP contribution in [0.15, 0.2) is 58.3 Å². The van der Waals surface area contributed by atoms with Crippen molar-refractivity contribution in [3.8, 4) is 0 Å². The molecule has 2 aromatic rings. The zero-order valence-corrected chi connectivity index (χ0v) is 16.6. The molecular weight excluding hydrogens is 396 g/mol. The molecule has 1 aliphatic heterocycles. The number of hydrogen-bond donors (Lipinski definition) is 0. The van der Waals surface area contributed by atoms with Crippen LogP contribution in [0.3, 0.4) is 0 Å². The third-order valence-electron chi connectivity index (χ3n) is 4.29. The molecule has 0 N–H and O–H groups in total. The van der Waals surface area contributed by atoms with Crippen molar-refractivity contribution in [2.75, 3.05) is 26.2 Å². The Kier molecular flexibility index (Phi) is 5.41. The van der Waals surface area contributed by atoms with E-state index in [4.69, 9.17) is 11.6 Å². The van der Waals surface area contributed by atoms with E-state index in [9.17, 15) is 16.8 Å². The maximum Gasteiger partial charge on any atom is 0.243 e. The first-order valence-corrected chi connectivity index (χ1v) is 11.3. The number of aryl methyl sites for hydroxylation is 1. The smallest absolute Gasteiger partial charge is 0.207 e. The fourth-order valence-electron chi connectivity index (χ4n) is 2.79. The van der Waals surface area contributed by atoms with Crippen LogP contribution < -0.4 is 0 Å². The number of sulfonamides is 2. The molecule has 0 aliphatic carbocycles. The molecule has 0 saturated carbocycles. The van der Waals surface area contributed by atoms with Gasteiger partial charge in [0.15, 0.2) is 0 Å². The standard InChI is InChI=1S/C17H19ClN2O4S2/c1-14-5-7-16(8-6-14)25(21,22)19-9-11-20(12-10-19)26(23,24)17-4-2-3-15(18)13-17/h2-8,13H,9-12H2,1H3. The number of rotatable bonds is 4. The van der Waals surface area contributed by atoms with Gasteiger partial charge in [0.25, 0.3) is 0 Å². The molecule has 0 aromatic heterocycles. The Labute approximate surface area is 159 Å². The van der Waals surface area contributed by atoms with Gasteiger partial charge >= 0.3 is 0 Å². The number of hydrogen-bond acceptors (Lipinski definition) is 4. The van der Waals surface area contributed by atoms with E-state index in [1.165, 1.54) is 20.7 Å². The topological polar surface area (TPSA) is 74.8 Å². The lowest BCUT2D eigenvalue weighted by Crippen LogP contribution is -2.50. The van der Waals surface area contributed by atoms with Gasteiger partial charge in [-0.25, -0.2) is 16.8 Å². The van der Waals surface area contributed by atoms with Gasteiger partial charge in [0.1, 0.15) is 0 Å². The fraction of sp³-hybridized carbons (Fsp3) is 0.294. The molecule has 0 unspecified atom stereocenters. The monoisotopic (exact) mass is 414 g/mol. The second-order valence-corrected chi connectivity index (χ2v) is 10.4. The molecule has 1 fully saturated rings. The van der Waals surface area contributed by atoms with E-state index in [0.29, 0.717) is 5.02 Å². The summed E-state index contributed by atoms with van der Waals surface area (Å²) in [4.78, 5) is 0.328. The van der Waals surface area contributed by atoms with Crippen molar-refractivity contribution in [1.29, 1.82) is 0 Å². The van der Waals surface area contributed by atoms with Crippen molar-refractivity contribution < 1.29 is 16.8 Å². The highest BCUT2D eigenvalue weighted by molar-refractivity contribution is 7.89. The molecular formula is C17H19ClN2O4S2. The molecule has 0 bridgehead atoms. The molecule has 2 aromatic carbocycles. The van der Waals surface area contributed by atoms with Gasteiger partial charge in [-0.05, 0) is 37.3 Å². The van der Waals surface area contributed by atoms with Crippen LogP contribution in [0.1, 0.15) is 5.56 Å². The molecule has 1 saturated heterocycles. The number of nitrogens with zero attached hydrogens (tertiary/aromatic N) is 2. The molecule has 0 radical (unpaired) electrons. The Morgan fingerprint density at radius 2 is 1.27 bits per heavy atom. The van der Waals surface area contributed by atoms with Crippen molar-refractivity contribution in [3.05, 3.63) is 59.1 Å². The largest absolute Gasteiger partial charge is 0.243 e. The SMILES string of the molecule is Cc1ccc(S(=O)(=O)N2CCN(S(=O)(=O)c3cccc(Cl)c3)CC2)cc1. The summed E-state index contributed by atoms with van der Waals surface area (Å²) < 4.78 is 53.4. The van der Waals surface area contributed by atoms with Gasteiger partial charge in [0.2, 0.25) is 20.0 Å². The molecule has 1 aliphatic rings. The highest BCUT2D eigenvalue weighted by Crippen LogP contribution is 2.23. The quantitative estimate of drug-likeness (QED) is 0.769. The summed E-state index contributed by atoms with van der Waals surface area (Å²) in [6.07, 6.45) is 0. The lowest BCUT2D eigenvalue weighted by Gasteiger charge is -2.33. The minimum atomic E-state index is -3.70. The minimum Gasteiger partial charge on any atom is -0.207 e. The molecule has 9 heteroatoms. The van der Waals surface area contributed by atoms with E-state index in [0.717, 1.165) is 5.56 Å². The minimum absolute atomic E-state index is 0.0972. The Bertz CT molecular complexity index is 997. The number of benzene rings is 2. The van der Waals surface area contributed by atoms with Crippen LogP contribution in [-0.4, -0.2) is 51.6 Å². The van der Waals surface area contributed by atoms with Crippen molar-refractivity contribution in [2.45, 2.75) is 16.7 Å². The second kappa shape index (κ2) is 7.28. The maximum absolute atomic E-state index is 12.7. The summed E-state index contributed by atoms with van der Waals surface area (Å²) in [6, 6.07) is 12.7. The first kappa shape index (κ1) is 19.3. The summed E-state index contributed by atoms with van der Waals surface area (Å²) in [5, 5.41) is 0.339. The summed E-state index contributed by atoms with van der Waals surface area (Å²) >= 11 is 5.88. The molecule has 26 heavy (non-hydrogen) atoms. The van der Waals surface area contributed by atoms with Crippen LogP contribution >= 0.6 is 11.6 Å². The molecule has 0 atom stereocenters. The van der Waals surface area contributed by atoms with Crippen LogP contribution in [0, 0.1) is 6.92 Å². The van der Waals surface area contributed by atoms with Crippen LogP contribution in [0.5, 0.6) is 0 Å². The summed E-state index contributed by atoms with van der Waals surface area (Å²) in [6.45, 7) is 2.29. The third-order valence-corrected chi connectivity index (χ3v) is 8.33.